The Balaban J connectivity index is 2.00. The van der Waals surface area contributed by atoms with Crippen LogP contribution < -0.4 is 0 Å². The molecule has 0 aromatic heterocycles. The number of aliphatic hydroxyl groups is 1. The molecule has 0 saturated heterocycles. The number of hydrogen-bond acceptors (Lipinski definition) is 1. The maximum absolute atomic E-state index is 9.69. The molecule has 3 atom stereocenters. The Morgan fingerprint density at radius 2 is 1.87 bits per heavy atom. The molecule has 1 aliphatic carbocycles. The zero-order valence-electron chi connectivity index (χ0n) is 9.61. The van der Waals surface area contributed by atoms with Gasteiger partial charge in [-0.1, -0.05) is 36.8 Å². The fourth-order valence-corrected chi connectivity index (χ4v) is 2.54. The minimum Gasteiger partial charge on any atom is -0.393 e. The molecule has 1 aromatic carbocycles. The Morgan fingerprint density at radius 3 is 2.40 bits per heavy atom. The smallest absolute Gasteiger partial charge is 0.0568 e. The van der Waals surface area contributed by atoms with Gasteiger partial charge in [0, 0.05) is 0 Å². The molecule has 3 unspecified atom stereocenters. The number of benzene rings is 1. The van der Waals surface area contributed by atoms with Gasteiger partial charge in [-0.25, -0.2) is 0 Å². The molecule has 1 fully saturated rings. The Kier molecular flexibility index (Phi) is 3.11. The van der Waals surface area contributed by atoms with Crippen LogP contribution in [-0.4, -0.2) is 11.2 Å². The number of rotatable bonds is 2. The van der Waals surface area contributed by atoms with Gasteiger partial charge in [0.25, 0.3) is 0 Å². The van der Waals surface area contributed by atoms with E-state index in [2.05, 4.69) is 38.1 Å². The van der Waals surface area contributed by atoms with E-state index in [0.29, 0.717) is 11.8 Å². The highest BCUT2D eigenvalue weighted by atomic mass is 16.3. The summed E-state index contributed by atoms with van der Waals surface area (Å²) in [4.78, 5) is 0. The summed E-state index contributed by atoms with van der Waals surface area (Å²) >= 11 is 0. The zero-order valence-corrected chi connectivity index (χ0v) is 9.61. The minimum absolute atomic E-state index is 0.0690. The van der Waals surface area contributed by atoms with Gasteiger partial charge in [-0.15, -0.1) is 0 Å². The summed E-state index contributed by atoms with van der Waals surface area (Å²) in [7, 11) is 0. The van der Waals surface area contributed by atoms with Crippen molar-refractivity contribution >= 4 is 0 Å². The molecule has 2 rings (SSSR count). The van der Waals surface area contributed by atoms with E-state index in [0.717, 1.165) is 12.8 Å². The summed E-state index contributed by atoms with van der Waals surface area (Å²) in [5.74, 6) is 1.13. The van der Waals surface area contributed by atoms with Crippen molar-refractivity contribution in [1.29, 1.82) is 0 Å². The molecule has 1 aliphatic rings. The van der Waals surface area contributed by atoms with Gasteiger partial charge in [-0.3, -0.25) is 0 Å². The van der Waals surface area contributed by atoms with E-state index in [-0.39, 0.29) is 6.10 Å². The minimum atomic E-state index is -0.0690. The Bertz CT molecular complexity index is 315. The summed E-state index contributed by atoms with van der Waals surface area (Å²) in [6.07, 6.45) is 3.22. The first-order chi connectivity index (χ1) is 7.16. The fraction of sp³-hybridized carbons (Fsp3) is 0.571. The van der Waals surface area contributed by atoms with Crippen molar-refractivity contribution in [2.75, 3.05) is 0 Å². The molecular formula is C14H20O. The molecule has 0 amide bonds. The van der Waals surface area contributed by atoms with E-state index in [9.17, 15) is 5.11 Å². The first kappa shape index (κ1) is 10.7. The molecule has 0 radical (unpaired) electrons. The highest BCUT2D eigenvalue weighted by Crippen LogP contribution is 2.34. The molecular weight excluding hydrogens is 184 g/mol. The third-order valence-electron chi connectivity index (χ3n) is 3.80. The largest absolute Gasteiger partial charge is 0.393 e. The first-order valence-corrected chi connectivity index (χ1v) is 5.90. The van der Waals surface area contributed by atoms with Gasteiger partial charge in [-0.05, 0) is 43.6 Å². The van der Waals surface area contributed by atoms with Gasteiger partial charge in [0.05, 0.1) is 6.10 Å². The second-order valence-electron chi connectivity index (χ2n) is 4.95. The average Bonchev–Trinajstić information content (AvgIpc) is 2.53. The average molecular weight is 204 g/mol. The van der Waals surface area contributed by atoms with Gasteiger partial charge in [-0.2, -0.15) is 0 Å². The zero-order chi connectivity index (χ0) is 10.8. The van der Waals surface area contributed by atoms with Gasteiger partial charge in [0.2, 0.25) is 0 Å². The van der Waals surface area contributed by atoms with E-state index in [4.69, 9.17) is 0 Å². The van der Waals surface area contributed by atoms with Crippen molar-refractivity contribution < 1.29 is 5.11 Å². The van der Waals surface area contributed by atoms with Gasteiger partial charge < -0.3 is 5.11 Å². The van der Waals surface area contributed by atoms with Crippen molar-refractivity contribution in [1.82, 2.24) is 0 Å². The van der Waals surface area contributed by atoms with Crippen LogP contribution in [0, 0.1) is 18.8 Å². The van der Waals surface area contributed by atoms with E-state index >= 15 is 0 Å². The van der Waals surface area contributed by atoms with Crippen molar-refractivity contribution in [2.24, 2.45) is 11.8 Å². The summed E-state index contributed by atoms with van der Waals surface area (Å²) in [6.45, 7) is 4.29. The number of aliphatic hydroxyl groups excluding tert-OH is 1. The second kappa shape index (κ2) is 4.36. The van der Waals surface area contributed by atoms with E-state index in [1.807, 2.05) is 0 Å². The second-order valence-corrected chi connectivity index (χ2v) is 4.95. The number of aryl methyl sites for hydroxylation is 1. The lowest BCUT2D eigenvalue weighted by Crippen LogP contribution is -2.16. The predicted molar refractivity (Wildman–Crippen MR) is 62.8 cm³/mol. The van der Waals surface area contributed by atoms with Crippen LogP contribution in [-0.2, 0) is 6.42 Å². The molecule has 0 bridgehead atoms. The molecule has 0 heterocycles. The van der Waals surface area contributed by atoms with Crippen LogP contribution >= 0.6 is 0 Å². The predicted octanol–water partition coefficient (Wildman–Crippen LogP) is 2.94. The third-order valence-corrected chi connectivity index (χ3v) is 3.80. The van der Waals surface area contributed by atoms with E-state index < -0.39 is 0 Å². The van der Waals surface area contributed by atoms with Crippen molar-refractivity contribution in [3.05, 3.63) is 35.4 Å². The summed E-state index contributed by atoms with van der Waals surface area (Å²) in [6, 6.07) is 8.77. The standard InChI is InChI=1S/C14H20O/c1-10-3-5-12(6-4-10)9-13-7-8-14(15)11(13)2/h3-6,11,13-15H,7-9H2,1-2H3. The summed E-state index contributed by atoms with van der Waals surface area (Å²) < 4.78 is 0. The van der Waals surface area contributed by atoms with Crippen LogP contribution in [0.15, 0.2) is 24.3 Å². The normalized spacial score (nSPS) is 30.7. The lowest BCUT2D eigenvalue weighted by Gasteiger charge is -2.17. The Hall–Kier alpha value is -0.820. The molecule has 0 spiro atoms. The van der Waals surface area contributed by atoms with Crippen LogP contribution in [0.2, 0.25) is 0 Å². The van der Waals surface area contributed by atoms with Crippen LogP contribution in [0.1, 0.15) is 30.9 Å². The number of hydrogen-bond donors (Lipinski definition) is 1. The first-order valence-electron chi connectivity index (χ1n) is 5.90. The molecule has 15 heavy (non-hydrogen) atoms. The SMILES string of the molecule is Cc1ccc(CC2CCC(O)C2C)cc1. The quantitative estimate of drug-likeness (QED) is 0.785. The van der Waals surface area contributed by atoms with Crippen LogP contribution in [0.25, 0.3) is 0 Å². The lowest BCUT2D eigenvalue weighted by atomic mass is 9.90. The van der Waals surface area contributed by atoms with Gasteiger partial charge in [0.1, 0.15) is 0 Å². The van der Waals surface area contributed by atoms with E-state index in [1.165, 1.54) is 17.5 Å². The molecule has 0 aliphatic heterocycles. The van der Waals surface area contributed by atoms with Crippen molar-refractivity contribution in [3.63, 3.8) is 0 Å². The molecule has 82 valence electrons. The maximum Gasteiger partial charge on any atom is 0.0568 e. The molecule has 1 aromatic rings. The highest BCUT2D eigenvalue weighted by Gasteiger charge is 2.30. The van der Waals surface area contributed by atoms with Gasteiger partial charge >= 0.3 is 0 Å². The Labute approximate surface area is 92.1 Å². The van der Waals surface area contributed by atoms with Crippen LogP contribution in [0.5, 0.6) is 0 Å². The monoisotopic (exact) mass is 204 g/mol. The fourth-order valence-electron chi connectivity index (χ4n) is 2.54. The van der Waals surface area contributed by atoms with Crippen molar-refractivity contribution in [3.8, 4) is 0 Å². The molecule has 1 nitrogen and oxygen atoms in total. The third kappa shape index (κ3) is 2.40. The van der Waals surface area contributed by atoms with Crippen LogP contribution in [0.3, 0.4) is 0 Å². The highest BCUT2D eigenvalue weighted by molar-refractivity contribution is 5.22. The van der Waals surface area contributed by atoms with E-state index in [1.54, 1.807) is 0 Å². The summed E-state index contributed by atoms with van der Waals surface area (Å²) in [5, 5.41) is 9.69. The molecule has 1 saturated carbocycles. The summed E-state index contributed by atoms with van der Waals surface area (Å²) in [5.41, 5.74) is 2.73. The molecule has 1 N–H and O–H groups in total. The topological polar surface area (TPSA) is 20.2 Å². The molecule has 1 heteroatoms. The van der Waals surface area contributed by atoms with Crippen LogP contribution in [0.4, 0.5) is 0 Å². The maximum atomic E-state index is 9.69. The lowest BCUT2D eigenvalue weighted by molar-refractivity contribution is 0.127. The Morgan fingerprint density at radius 1 is 1.20 bits per heavy atom. The van der Waals surface area contributed by atoms with Gasteiger partial charge in [0.15, 0.2) is 0 Å². The van der Waals surface area contributed by atoms with Crippen molar-refractivity contribution in [2.45, 2.75) is 39.2 Å².